The highest BCUT2D eigenvalue weighted by Crippen LogP contribution is 2.30. The van der Waals surface area contributed by atoms with E-state index in [1.54, 1.807) is 42.1 Å². The van der Waals surface area contributed by atoms with Crippen LogP contribution in [-0.2, 0) is 31.8 Å². The van der Waals surface area contributed by atoms with Crippen molar-refractivity contribution >= 4 is 43.0 Å². The number of aryl methyl sites for hydroxylation is 1. The number of carbonyl (C=O) groups excluding carboxylic acids is 1. The molecule has 0 saturated carbocycles. The van der Waals surface area contributed by atoms with Crippen LogP contribution in [0, 0.1) is 5.92 Å². The average molecular weight is 698 g/mol. The summed E-state index contributed by atoms with van der Waals surface area (Å²) in [6.07, 6.45) is 4.12. The van der Waals surface area contributed by atoms with Crippen molar-refractivity contribution in [2.75, 3.05) is 38.1 Å². The normalized spacial score (nSPS) is 21.3. The summed E-state index contributed by atoms with van der Waals surface area (Å²) in [4.78, 5) is 19.8. The molecule has 2 N–H and O–H groups in total. The van der Waals surface area contributed by atoms with E-state index >= 15 is 0 Å². The first-order chi connectivity index (χ1) is 21.7. The molecule has 1 aliphatic rings. The maximum atomic E-state index is 14.3. The Morgan fingerprint density at radius 3 is 2.61 bits per heavy atom. The number of ether oxygens (including phenoxy) is 2. The molecule has 3 aromatic rings. The monoisotopic (exact) mass is 697 g/mol. The number of hydrogen-bond donors (Lipinski definition) is 2. The van der Waals surface area contributed by atoms with Gasteiger partial charge in [0, 0.05) is 51.6 Å². The second kappa shape index (κ2) is 15.3. The van der Waals surface area contributed by atoms with Crippen LogP contribution < -0.4 is 9.46 Å². The van der Waals surface area contributed by atoms with Crippen molar-refractivity contribution in [3.63, 3.8) is 0 Å². The molecule has 0 bridgehead atoms. The summed E-state index contributed by atoms with van der Waals surface area (Å²) < 4.78 is 70.4. The fraction of sp³-hybridized carbons (Fsp3) is 0.533. The minimum absolute atomic E-state index is 0.0142. The lowest BCUT2D eigenvalue weighted by atomic mass is 10.0. The van der Waals surface area contributed by atoms with Gasteiger partial charge in [-0.3, -0.25) is 9.52 Å². The number of aliphatic hydroxyl groups is 1. The summed E-state index contributed by atoms with van der Waals surface area (Å²) in [6, 6.07) is 7.08. The lowest BCUT2D eigenvalue weighted by Gasteiger charge is -2.35. The number of rotatable bonds is 9. The Bertz CT molecular complexity index is 1680. The molecule has 0 radical (unpaired) electrons. The fourth-order valence-corrected chi connectivity index (χ4v) is 8.29. The second-order valence-electron chi connectivity index (χ2n) is 11.7. The number of carbonyl (C=O) groups is 1. The first-order valence-corrected chi connectivity index (χ1v) is 18.9. The van der Waals surface area contributed by atoms with Crippen molar-refractivity contribution in [3.05, 3.63) is 53.8 Å². The number of nitrogens with one attached hydrogen (secondary N) is 1. The third kappa shape index (κ3) is 8.66. The number of anilines is 1. The number of nitrogens with zero attached hydrogens (tertiary/aromatic N) is 4. The molecule has 4 rings (SSSR count). The van der Waals surface area contributed by atoms with Crippen LogP contribution in [0.5, 0.6) is 5.75 Å². The van der Waals surface area contributed by atoms with Gasteiger partial charge in [0.25, 0.3) is 26.0 Å². The molecule has 0 spiro atoms. The van der Waals surface area contributed by atoms with Crippen LogP contribution in [0.15, 0.2) is 57.5 Å². The van der Waals surface area contributed by atoms with Crippen LogP contribution in [0.1, 0.15) is 50.4 Å². The summed E-state index contributed by atoms with van der Waals surface area (Å²) in [7, 11) is -4.62. The zero-order valence-electron chi connectivity index (χ0n) is 26.7. The Kier molecular flexibility index (Phi) is 11.9. The smallest absolute Gasteiger partial charge is 0.271 e. The quantitative estimate of drug-likeness (QED) is 0.342. The summed E-state index contributed by atoms with van der Waals surface area (Å²) in [5.41, 5.74) is 0.320. The lowest BCUT2D eigenvalue weighted by Crippen LogP contribution is -2.48. The Morgan fingerprint density at radius 1 is 1.20 bits per heavy atom. The molecule has 0 unspecified atom stereocenters. The van der Waals surface area contributed by atoms with E-state index in [1.165, 1.54) is 40.9 Å². The number of fused-ring (bicyclic) bond motifs is 1. The van der Waals surface area contributed by atoms with Gasteiger partial charge in [0.1, 0.15) is 9.96 Å². The molecule has 0 aliphatic carbocycles. The average Bonchev–Trinajstić information content (AvgIpc) is 3.72. The maximum Gasteiger partial charge on any atom is 0.271 e. The molecule has 2 aromatic heterocycles. The highest BCUT2D eigenvalue weighted by atomic mass is 32.2. The number of likely N-dealkylation sites (N-methyl/N-ethyl adjacent to an activating group) is 1. The predicted octanol–water partition coefficient (Wildman–Crippen LogP) is 3.40. The zero-order valence-corrected chi connectivity index (χ0v) is 29.1. The van der Waals surface area contributed by atoms with Crippen molar-refractivity contribution in [1.29, 1.82) is 0 Å². The van der Waals surface area contributed by atoms with E-state index in [2.05, 4.69) is 9.71 Å². The zero-order chi connectivity index (χ0) is 33.6. The van der Waals surface area contributed by atoms with Crippen molar-refractivity contribution in [2.24, 2.45) is 13.0 Å². The van der Waals surface area contributed by atoms with Crippen molar-refractivity contribution in [3.8, 4) is 5.75 Å². The molecule has 16 heteroatoms. The molecule has 3 heterocycles. The molecular weight excluding hydrogens is 655 g/mol. The number of thiophene rings is 1. The maximum absolute atomic E-state index is 14.3. The Hall–Kier alpha value is -3.02. The van der Waals surface area contributed by atoms with Crippen LogP contribution in [0.3, 0.4) is 0 Å². The van der Waals surface area contributed by atoms with Gasteiger partial charge in [0.05, 0.1) is 36.7 Å². The number of hydrogen-bond acceptors (Lipinski definition) is 10. The van der Waals surface area contributed by atoms with Crippen molar-refractivity contribution in [2.45, 2.75) is 67.5 Å². The van der Waals surface area contributed by atoms with Gasteiger partial charge in [-0.2, -0.15) is 4.31 Å². The molecule has 0 fully saturated rings. The number of benzene rings is 1. The third-order valence-corrected chi connectivity index (χ3v) is 12.3. The minimum Gasteiger partial charge on any atom is -0.490 e. The molecule has 13 nitrogen and oxygen atoms in total. The number of aromatic nitrogens is 2. The van der Waals surface area contributed by atoms with E-state index in [-0.39, 0.29) is 52.2 Å². The molecule has 46 heavy (non-hydrogen) atoms. The first-order valence-electron chi connectivity index (χ1n) is 15.1. The highest BCUT2D eigenvalue weighted by Gasteiger charge is 2.33. The summed E-state index contributed by atoms with van der Waals surface area (Å²) >= 11 is 1.08. The topological polar surface area (TPSA) is 160 Å². The van der Waals surface area contributed by atoms with E-state index in [4.69, 9.17) is 9.47 Å². The van der Waals surface area contributed by atoms with Crippen LogP contribution in [0.4, 0.5) is 5.69 Å². The molecule has 4 atom stereocenters. The van der Waals surface area contributed by atoms with Crippen LogP contribution >= 0.6 is 11.3 Å². The molecule has 1 amide bonds. The molecule has 1 aromatic carbocycles. The highest BCUT2D eigenvalue weighted by molar-refractivity contribution is 7.94. The van der Waals surface area contributed by atoms with E-state index < -0.39 is 38.1 Å². The van der Waals surface area contributed by atoms with Crippen LogP contribution in [0.2, 0.25) is 0 Å². The van der Waals surface area contributed by atoms with Crippen molar-refractivity contribution in [1.82, 2.24) is 18.8 Å². The van der Waals surface area contributed by atoms with Crippen LogP contribution in [-0.4, -0.2) is 98.2 Å². The van der Waals surface area contributed by atoms with E-state index in [1.807, 2.05) is 13.8 Å². The van der Waals surface area contributed by atoms with Gasteiger partial charge in [0.2, 0.25) is 0 Å². The lowest BCUT2D eigenvalue weighted by molar-refractivity contribution is -0.00835. The number of sulfonamides is 2. The number of aliphatic hydroxyl groups excluding tert-OH is 1. The molecule has 254 valence electrons. The van der Waals surface area contributed by atoms with Gasteiger partial charge in [0.15, 0.2) is 5.03 Å². The number of amides is 1. The van der Waals surface area contributed by atoms with E-state index in [9.17, 15) is 26.7 Å². The Morgan fingerprint density at radius 2 is 1.96 bits per heavy atom. The fourth-order valence-electron chi connectivity index (χ4n) is 5.10. The summed E-state index contributed by atoms with van der Waals surface area (Å²) in [5.74, 6) is -0.547. The second-order valence-corrected chi connectivity index (χ2v) is 16.6. The minimum atomic E-state index is -3.90. The van der Waals surface area contributed by atoms with Gasteiger partial charge < -0.3 is 24.0 Å². The van der Waals surface area contributed by atoms with Crippen molar-refractivity contribution < 1.29 is 36.2 Å². The Labute approximate surface area is 275 Å². The van der Waals surface area contributed by atoms with Gasteiger partial charge in [-0.15, -0.1) is 11.3 Å². The standard InChI is InChI=1S/C30H43N5O8S3/c1-21-16-35(22(2)19-36)30(37)25-15-24(32-45(38,39)29-10-8-14-44-29)11-12-26(25)43-23(3)9-6-7-13-42-27(21)17-34(5)46(40,41)28-18-33(4)20-31-28/h8,10-12,14-15,18,20-23,27,32,36H,6-7,9,13,16-17,19H2,1-5H3/t21-,22+,23+,27+/m1/s1. The predicted molar refractivity (Wildman–Crippen MR) is 175 cm³/mol. The van der Waals surface area contributed by atoms with E-state index in [0.717, 1.165) is 17.8 Å². The summed E-state index contributed by atoms with van der Waals surface area (Å²) in [6.45, 7) is 5.64. The first kappa shape index (κ1) is 35.8. The summed E-state index contributed by atoms with van der Waals surface area (Å²) in [5, 5.41) is 11.8. The van der Waals surface area contributed by atoms with E-state index in [0.29, 0.717) is 25.2 Å². The van der Waals surface area contributed by atoms with Gasteiger partial charge in [-0.1, -0.05) is 13.0 Å². The Balaban J connectivity index is 1.67. The molecular formula is C30H43N5O8S3. The van der Waals surface area contributed by atoms with Gasteiger partial charge in [-0.25, -0.2) is 21.8 Å². The SMILES string of the molecule is C[C@@H]1CN([C@@H](C)CO)C(=O)c2cc(NS(=O)(=O)c3cccs3)ccc2O[C@@H](C)CCCCO[C@H]1CN(C)S(=O)(=O)c1cn(C)cn1. The third-order valence-electron chi connectivity index (χ3n) is 7.86. The van der Waals surface area contributed by atoms with Crippen LogP contribution in [0.25, 0.3) is 0 Å². The molecule has 0 saturated heterocycles. The largest absolute Gasteiger partial charge is 0.490 e. The molecule has 1 aliphatic heterocycles. The number of imidazole rings is 1. The van der Waals surface area contributed by atoms with Gasteiger partial charge in [-0.05, 0) is 62.8 Å². The van der Waals surface area contributed by atoms with Gasteiger partial charge >= 0.3 is 0 Å².